The van der Waals surface area contributed by atoms with Gasteiger partial charge in [-0.15, -0.1) is 0 Å². The van der Waals surface area contributed by atoms with E-state index in [4.69, 9.17) is 4.74 Å². The molecule has 0 bridgehead atoms. The molecule has 0 aliphatic rings. The lowest BCUT2D eigenvalue weighted by molar-refractivity contribution is 0.160. The van der Waals surface area contributed by atoms with Crippen molar-refractivity contribution in [2.24, 2.45) is 0 Å². The molecule has 6 heteroatoms. The number of nitrogens with one attached hydrogen (secondary N) is 2. The number of phenolic OH excluding ortho intramolecular Hbond substituents is 1. The van der Waals surface area contributed by atoms with Crippen molar-refractivity contribution >= 4 is 10.9 Å². The number of β-amino-alcohol motifs (C(OH)–C–C–N with tert-alkyl or cyclic N) is 1. The predicted molar refractivity (Wildman–Crippen MR) is 115 cm³/mol. The van der Waals surface area contributed by atoms with E-state index in [1.807, 2.05) is 12.1 Å². The number of benzene rings is 2. The van der Waals surface area contributed by atoms with Gasteiger partial charge in [0.15, 0.2) is 0 Å². The lowest BCUT2D eigenvalue weighted by Gasteiger charge is -2.28. The number of aliphatic hydroxyl groups excluding tert-OH is 1. The Morgan fingerprint density at radius 1 is 1.10 bits per heavy atom. The van der Waals surface area contributed by atoms with E-state index >= 15 is 0 Å². The number of ether oxygens (including phenoxy) is 1. The monoisotopic (exact) mass is 396 g/mol. The number of fused-ring (bicyclic) bond motifs is 1. The average molecular weight is 396 g/mol. The van der Waals surface area contributed by atoms with Gasteiger partial charge in [-0.1, -0.05) is 18.2 Å². The Morgan fingerprint density at radius 3 is 2.52 bits per heavy atom. The van der Waals surface area contributed by atoms with E-state index in [1.165, 1.54) is 17.7 Å². The van der Waals surface area contributed by atoms with Gasteiger partial charge in [0.25, 0.3) is 0 Å². The number of rotatable bonds is 8. The first-order chi connectivity index (χ1) is 13.8. The Labute approximate surface area is 170 Å². The fraction of sp³-hybridized carbons (Fsp3) is 0.348. The minimum atomic E-state index is -0.774. The number of methoxy groups -OCH3 is 1. The molecule has 4 N–H and O–H groups in total. The van der Waals surface area contributed by atoms with Gasteiger partial charge in [0.1, 0.15) is 11.5 Å². The maximum absolute atomic E-state index is 11.6. The normalized spacial score (nSPS) is 12.8. The van der Waals surface area contributed by atoms with Crippen LogP contribution in [0, 0.1) is 0 Å². The van der Waals surface area contributed by atoms with Crippen molar-refractivity contribution in [1.29, 1.82) is 0 Å². The summed E-state index contributed by atoms with van der Waals surface area (Å²) in [6.45, 7) is 4.57. The molecule has 0 fully saturated rings. The number of H-pyrrole nitrogens is 1. The highest BCUT2D eigenvalue weighted by molar-refractivity contribution is 5.87. The zero-order valence-electron chi connectivity index (χ0n) is 17.0. The molecule has 0 radical (unpaired) electrons. The second-order valence-electron chi connectivity index (χ2n) is 7.91. The van der Waals surface area contributed by atoms with Gasteiger partial charge < -0.3 is 25.3 Å². The molecule has 3 aromatic rings. The average Bonchev–Trinajstić information content (AvgIpc) is 2.72. The van der Waals surface area contributed by atoms with E-state index < -0.39 is 6.10 Å². The number of phenols is 1. The maximum Gasteiger partial charge on any atom is 0.248 e. The molecule has 2 aromatic carbocycles. The van der Waals surface area contributed by atoms with Crippen LogP contribution in [0.5, 0.6) is 11.5 Å². The van der Waals surface area contributed by atoms with Crippen molar-refractivity contribution in [3.63, 3.8) is 0 Å². The zero-order chi connectivity index (χ0) is 21.0. The van der Waals surface area contributed by atoms with Crippen molar-refractivity contribution in [2.45, 2.75) is 38.3 Å². The SMILES string of the molecule is COc1ccc(CCC(C)(C)NCC(O)c2ccc(O)c3[nH]c(=O)ccc23)cc1. The summed E-state index contributed by atoms with van der Waals surface area (Å²) in [5, 5.41) is 24.8. The first-order valence-corrected chi connectivity index (χ1v) is 9.70. The molecule has 1 aromatic heterocycles. The Morgan fingerprint density at radius 2 is 1.83 bits per heavy atom. The number of hydrogen-bond acceptors (Lipinski definition) is 5. The van der Waals surface area contributed by atoms with Crippen molar-refractivity contribution in [1.82, 2.24) is 10.3 Å². The van der Waals surface area contributed by atoms with Gasteiger partial charge in [-0.3, -0.25) is 4.79 Å². The molecule has 29 heavy (non-hydrogen) atoms. The molecule has 1 unspecified atom stereocenters. The van der Waals surface area contributed by atoms with Crippen molar-refractivity contribution < 1.29 is 14.9 Å². The molecule has 0 amide bonds. The van der Waals surface area contributed by atoms with Crippen LogP contribution in [0.1, 0.15) is 37.5 Å². The predicted octanol–water partition coefficient (Wildman–Crippen LogP) is 3.28. The first kappa shape index (κ1) is 20.9. The highest BCUT2D eigenvalue weighted by atomic mass is 16.5. The van der Waals surface area contributed by atoms with E-state index in [-0.39, 0.29) is 16.8 Å². The summed E-state index contributed by atoms with van der Waals surface area (Å²) in [4.78, 5) is 14.2. The van der Waals surface area contributed by atoms with Crippen LogP contribution in [-0.4, -0.2) is 34.4 Å². The Balaban J connectivity index is 1.64. The molecule has 1 atom stereocenters. The summed E-state index contributed by atoms with van der Waals surface area (Å²) in [5.74, 6) is 0.832. The third kappa shape index (κ3) is 5.16. The standard InChI is InChI=1S/C23H28N2O4/c1-23(2,13-12-15-4-6-16(29-3)7-5-15)24-14-20(27)17-8-10-19(26)22-18(17)9-11-21(28)25-22/h4-11,20,24,26-27H,12-14H2,1-3H3,(H,25,28). The Bertz CT molecular complexity index is 1030. The van der Waals surface area contributed by atoms with Crippen LogP contribution in [0.4, 0.5) is 0 Å². The van der Waals surface area contributed by atoms with E-state index in [0.717, 1.165) is 18.6 Å². The smallest absolute Gasteiger partial charge is 0.248 e. The van der Waals surface area contributed by atoms with Gasteiger partial charge >= 0.3 is 0 Å². The highest BCUT2D eigenvalue weighted by Crippen LogP contribution is 2.29. The van der Waals surface area contributed by atoms with Crippen molar-refractivity contribution in [3.8, 4) is 11.5 Å². The highest BCUT2D eigenvalue weighted by Gasteiger charge is 2.20. The minimum absolute atomic E-state index is 0.0126. The third-order valence-corrected chi connectivity index (χ3v) is 5.24. The summed E-state index contributed by atoms with van der Waals surface area (Å²) in [7, 11) is 1.66. The summed E-state index contributed by atoms with van der Waals surface area (Å²) in [6.07, 6.45) is 1.03. The van der Waals surface area contributed by atoms with Crippen LogP contribution >= 0.6 is 0 Å². The molecular weight excluding hydrogens is 368 g/mol. The van der Waals surface area contributed by atoms with Crippen LogP contribution in [0.25, 0.3) is 10.9 Å². The number of aryl methyl sites for hydroxylation is 1. The quantitative estimate of drug-likeness (QED) is 0.469. The lowest BCUT2D eigenvalue weighted by atomic mass is 9.94. The molecule has 0 aliphatic heterocycles. The largest absolute Gasteiger partial charge is 0.506 e. The van der Waals surface area contributed by atoms with E-state index in [2.05, 4.69) is 36.3 Å². The zero-order valence-corrected chi connectivity index (χ0v) is 17.0. The van der Waals surface area contributed by atoms with Crippen LogP contribution in [-0.2, 0) is 6.42 Å². The van der Waals surface area contributed by atoms with Gasteiger partial charge in [0.05, 0.1) is 18.7 Å². The Kier molecular flexibility index (Phi) is 6.25. The summed E-state index contributed by atoms with van der Waals surface area (Å²) in [6, 6.07) is 14.2. The van der Waals surface area contributed by atoms with Gasteiger partial charge in [-0.2, -0.15) is 0 Å². The summed E-state index contributed by atoms with van der Waals surface area (Å²) < 4.78 is 5.19. The third-order valence-electron chi connectivity index (χ3n) is 5.24. The van der Waals surface area contributed by atoms with Crippen molar-refractivity contribution in [2.75, 3.05) is 13.7 Å². The van der Waals surface area contributed by atoms with E-state index in [0.29, 0.717) is 23.0 Å². The first-order valence-electron chi connectivity index (χ1n) is 9.70. The summed E-state index contributed by atoms with van der Waals surface area (Å²) in [5.41, 5.74) is 1.76. The molecule has 154 valence electrons. The van der Waals surface area contributed by atoms with Gasteiger partial charge in [-0.05, 0) is 62.1 Å². The number of aliphatic hydroxyl groups is 1. The topological polar surface area (TPSA) is 94.6 Å². The molecule has 1 heterocycles. The number of aromatic nitrogens is 1. The number of aromatic hydroxyl groups is 1. The fourth-order valence-corrected chi connectivity index (χ4v) is 3.37. The van der Waals surface area contributed by atoms with Gasteiger partial charge in [-0.25, -0.2) is 0 Å². The second-order valence-corrected chi connectivity index (χ2v) is 7.91. The van der Waals surface area contributed by atoms with Crippen LogP contribution in [0.15, 0.2) is 53.3 Å². The summed E-state index contributed by atoms with van der Waals surface area (Å²) >= 11 is 0. The molecular formula is C23H28N2O4. The van der Waals surface area contributed by atoms with Crippen LogP contribution in [0.3, 0.4) is 0 Å². The van der Waals surface area contributed by atoms with E-state index in [9.17, 15) is 15.0 Å². The maximum atomic E-state index is 11.6. The van der Waals surface area contributed by atoms with Gasteiger partial charge in [0, 0.05) is 23.5 Å². The van der Waals surface area contributed by atoms with Gasteiger partial charge in [0.2, 0.25) is 5.56 Å². The van der Waals surface area contributed by atoms with Crippen molar-refractivity contribution in [3.05, 3.63) is 70.0 Å². The fourth-order valence-electron chi connectivity index (χ4n) is 3.37. The Hall–Kier alpha value is -2.83. The second kappa shape index (κ2) is 8.68. The minimum Gasteiger partial charge on any atom is -0.506 e. The lowest BCUT2D eigenvalue weighted by Crippen LogP contribution is -2.42. The molecule has 6 nitrogen and oxygen atoms in total. The molecule has 0 spiro atoms. The van der Waals surface area contributed by atoms with Crippen LogP contribution < -0.4 is 15.6 Å². The molecule has 0 saturated heterocycles. The number of pyridine rings is 1. The molecule has 3 rings (SSSR count). The van der Waals surface area contributed by atoms with E-state index in [1.54, 1.807) is 19.2 Å². The molecule has 0 saturated carbocycles. The number of hydrogen-bond donors (Lipinski definition) is 4. The van der Waals surface area contributed by atoms with Crippen LogP contribution in [0.2, 0.25) is 0 Å². The molecule has 0 aliphatic carbocycles. The number of aromatic amines is 1.